The first-order chi connectivity index (χ1) is 9.99. The molecule has 0 spiro atoms. The molecule has 3 N–H and O–H groups in total. The summed E-state index contributed by atoms with van der Waals surface area (Å²) in [5.41, 5.74) is 10.8. The SMILES string of the molecule is Cc1cc(C)c(C(=O)c2c[nH]c3cccc(Br)c23)cc1N. The maximum Gasteiger partial charge on any atom is 0.195 e. The second kappa shape index (κ2) is 5.04. The van der Waals surface area contributed by atoms with Gasteiger partial charge < -0.3 is 10.7 Å². The summed E-state index contributed by atoms with van der Waals surface area (Å²) in [6.07, 6.45) is 1.76. The van der Waals surface area contributed by atoms with Crippen molar-refractivity contribution < 1.29 is 4.79 Å². The number of halogens is 1. The lowest BCUT2D eigenvalue weighted by Crippen LogP contribution is -2.05. The van der Waals surface area contributed by atoms with Crippen LogP contribution in [0.1, 0.15) is 27.0 Å². The summed E-state index contributed by atoms with van der Waals surface area (Å²) in [7, 11) is 0. The molecule has 0 fully saturated rings. The van der Waals surface area contributed by atoms with Gasteiger partial charge >= 0.3 is 0 Å². The number of aromatic nitrogens is 1. The molecular weight excluding hydrogens is 328 g/mol. The zero-order valence-electron chi connectivity index (χ0n) is 11.8. The number of fused-ring (bicyclic) bond motifs is 1. The summed E-state index contributed by atoms with van der Waals surface area (Å²) in [5.74, 6) is -0.0163. The van der Waals surface area contributed by atoms with Crippen molar-refractivity contribution in [3.8, 4) is 0 Å². The second-order valence-electron chi connectivity index (χ2n) is 5.22. The van der Waals surface area contributed by atoms with Crippen molar-refractivity contribution in [1.29, 1.82) is 0 Å². The Kier molecular flexibility index (Phi) is 3.33. The number of benzene rings is 2. The summed E-state index contributed by atoms with van der Waals surface area (Å²) in [5, 5.41) is 0.904. The standard InChI is InChI=1S/C17H15BrN2O/c1-9-6-10(2)14(19)7-11(9)17(21)12-8-20-15-5-3-4-13(18)16(12)15/h3-8,20H,19H2,1-2H3. The third kappa shape index (κ3) is 2.25. The molecule has 1 heterocycles. The molecular formula is C17H15BrN2O. The number of H-pyrrole nitrogens is 1. The number of ketones is 1. The maximum absolute atomic E-state index is 12.9. The number of hydrogen-bond acceptors (Lipinski definition) is 2. The van der Waals surface area contributed by atoms with Crippen LogP contribution in [0.15, 0.2) is 41.0 Å². The van der Waals surface area contributed by atoms with Gasteiger partial charge in [0, 0.05) is 38.4 Å². The Morgan fingerprint density at radius 2 is 1.90 bits per heavy atom. The van der Waals surface area contributed by atoms with Gasteiger partial charge in [0.05, 0.1) is 0 Å². The van der Waals surface area contributed by atoms with E-state index in [0.29, 0.717) is 16.8 Å². The van der Waals surface area contributed by atoms with Crippen molar-refractivity contribution in [2.45, 2.75) is 13.8 Å². The van der Waals surface area contributed by atoms with E-state index in [2.05, 4.69) is 20.9 Å². The largest absolute Gasteiger partial charge is 0.398 e. The molecule has 0 radical (unpaired) electrons. The van der Waals surface area contributed by atoms with E-state index in [1.165, 1.54) is 0 Å². The highest BCUT2D eigenvalue weighted by atomic mass is 79.9. The summed E-state index contributed by atoms with van der Waals surface area (Å²) in [6.45, 7) is 3.88. The van der Waals surface area contributed by atoms with Crippen LogP contribution in [-0.4, -0.2) is 10.8 Å². The molecule has 3 rings (SSSR count). The third-order valence-electron chi connectivity index (χ3n) is 3.76. The summed E-state index contributed by atoms with van der Waals surface area (Å²) in [4.78, 5) is 16.0. The minimum absolute atomic E-state index is 0.0163. The average Bonchev–Trinajstić information content (AvgIpc) is 2.87. The molecule has 3 nitrogen and oxygen atoms in total. The predicted molar refractivity (Wildman–Crippen MR) is 89.8 cm³/mol. The Bertz CT molecular complexity index is 865. The predicted octanol–water partition coefficient (Wildman–Crippen LogP) is 4.36. The molecule has 3 aromatic rings. The monoisotopic (exact) mass is 342 g/mol. The number of rotatable bonds is 2. The molecule has 21 heavy (non-hydrogen) atoms. The molecule has 0 aliphatic rings. The zero-order valence-corrected chi connectivity index (χ0v) is 13.4. The van der Waals surface area contributed by atoms with Gasteiger partial charge in [0.15, 0.2) is 5.78 Å². The normalized spacial score (nSPS) is 11.0. The van der Waals surface area contributed by atoms with Crippen LogP contribution in [0.4, 0.5) is 5.69 Å². The number of nitrogens with one attached hydrogen (secondary N) is 1. The van der Waals surface area contributed by atoms with Crippen molar-refractivity contribution in [1.82, 2.24) is 4.98 Å². The number of anilines is 1. The molecule has 106 valence electrons. The highest BCUT2D eigenvalue weighted by Gasteiger charge is 2.18. The van der Waals surface area contributed by atoms with Crippen molar-refractivity contribution in [2.24, 2.45) is 0 Å². The smallest absolute Gasteiger partial charge is 0.195 e. The molecule has 1 aromatic heterocycles. The van der Waals surface area contributed by atoms with Gasteiger partial charge in [-0.15, -0.1) is 0 Å². The van der Waals surface area contributed by atoms with Crippen LogP contribution in [0.5, 0.6) is 0 Å². The van der Waals surface area contributed by atoms with E-state index < -0.39 is 0 Å². The lowest BCUT2D eigenvalue weighted by molar-refractivity contribution is 0.104. The fourth-order valence-electron chi connectivity index (χ4n) is 2.58. The van der Waals surface area contributed by atoms with E-state index in [4.69, 9.17) is 5.73 Å². The molecule has 0 saturated heterocycles. The van der Waals surface area contributed by atoms with E-state index in [1.54, 1.807) is 12.3 Å². The highest BCUT2D eigenvalue weighted by molar-refractivity contribution is 9.10. The van der Waals surface area contributed by atoms with Crippen molar-refractivity contribution in [3.05, 3.63) is 63.3 Å². The van der Waals surface area contributed by atoms with Crippen LogP contribution in [0, 0.1) is 13.8 Å². The molecule has 0 aliphatic heterocycles. The van der Waals surface area contributed by atoms with Crippen molar-refractivity contribution in [2.75, 3.05) is 5.73 Å². The minimum Gasteiger partial charge on any atom is -0.398 e. The zero-order chi connectivity index (χ0) is 15.1. The Labute approximate surface area is 131 Å². The number of aryl methyl sites for hydroxylation is 2. The molecule has 0 atom stereocenters. The van der Waals surface area contributed by atoms with Crippen LogP contribution >= 0.6 is 15.9 Å². The Balaban J connectivity index is 2.20. The Morgan fingerprint density at radius 3 is 2.67 bits per heavy atom. The van der Waals surface area contributed by atoms with Crippen LogP contribution in [0.25, 0.3) is 10.9 Å². The van der Waals surface area contributed by atoms with Gasteiger partial charge in [-0.1, -0.05) is 28.1 Å². The highest BCUT2D eigenvalue weighted by Crippen LogP contribution is 2.30. The molecule has 0 amide bonds. The topological polar surface area (TPSA) is 58.9 Å². The van der Waals surface area contributed by atoms with Gasteiger partial charge in [0.1, 0.15) is 0 Å². The number of carbonyl (C=O) groups excluding carboxylic acids is 1. The molecule has 0 aliphatic carbocycles. The second-order valence-corrected chi connectivity index (χ2v) is 6.07. The Hall–Kier alpha value is -2.07. The lowest BCUT2D eigenvalue weighted by Gasteiger charge is -2.08. The van der Waals surface area contributed by atoms with E-state index in [-0.39, 0.29) is 5.78 Å². The van der Waals surface area contributed by atoms with Crippen LogP contribution in [0.3, 0.4) is 0 Å². The molecule has 2 aromatic carbocycles. The van der Waals surface area contributed by atoms with E-state index in [1.807, 2.05) is 38.1 Å². The number of carbonyl (C=O) groups is 1. The van der Waals surface area contributed by atoms with E-state index in [0.717, 1.165) is 26.5 Å². The third-order valence-corrected chi connectivity index (χ3v) is 4.42. The van der Waals surface area contributed by atoms with Crippen molar-refractivity contribution >= 4 is 38.3 Å². The average molecular weight is 343 g/mol. The van der Waals surface area contributed by atoms with Gasteiger partial charge in [0.25, 0.3) is 0 Å². The van der Waals surface area contributed by atoms with Gasteiger partial charge in [-0.05, 0) is 43.2 Å². The molecule has 0 saturated carbocycles. The van der Waals surface area contributed by atoms with E-state index >= 15 is 0 Å². The van der Waals surface area contributed by atoms with Gasteiger partial charge in [-0.3, -0.25) is 4.79 Å². The van der Waals surface area contributed by atoms with Crippen molar-refractivity contribution in [3.63, 3.8) is 0 Å². The van der Waals surface area contributed by atoms with Crippen LogP contribution in [-0.2, 0) is 0 Å². The van der Waals surface area contributed by atoms with Gasteiger partial charge in [-0.2, -0.15) is 0 Å². The first-order valence-electron chi connectivity index (χ1n) is 6.66. The number of hydrogen-bond donors (Lipinski definition) is 2. The van der Waals surface area contributed by atoms with Gasteiger partial charge in [-0.25, -0.2) is 0 Å². The number of aromatic amines is 1. The van der Waals surface area contributed by atoms with E-state index in [9.17, 15) is 4.79 Å². The molecule has 0 unspecified atom stereocenters. The lowest BCUT2D eigenvalue weighted by atomic mass is 9.96. The van der Waals surface area contributed by atoms with Crippen LogP contribution < -0.4 is 5.73 Å². The quantitative estimate of drug-likeness (QED) is 0.536. The first kappa shape index (κ1) is 13.9. The number of nitrogen functional groups attached to an aromatic ring is 1. The minimum atomic E-state index is -0.0163. The maximum atomic E-state index is 12.9. The van der Waals surface area contributed by atoms with Gasteiger partial charge in [0.2, 0.25) is 0 Å². The number of nitrogens with two attached hydrogens (primary N) is 1. The molecule has 4 heteroatoms. The van der Waals surface area contributed by atoms with Crippen LogP contribution in [0.2, 0.25) is 0 Å². The summed E-state index contributed by atoms with van der Waals surface area (Å²) < 4.78 is 0.905. The molecule has 0 bridgehead atoms. The Morgan fingerprint density at radius 1 is 1.14 bits per heavy atom. The fraction of sp³-hybridized carbons (Fsp3) is 0.118. The first-order valence-corrected chi connectivity index (χ1v) is 7.45. The summed E-state index contributed by atoms with van der Waals surface area (Å²) >= 11 is 3.52. The summed E-state index contributed by atoms with van der Waals surface area (Å²) in [6, 6.07) is 9.54. The fourth-order valence-corrected chi connectivity index (χ4v) is 3.16.